The van der Waals surface area contributed by atoms with Crippen molar-refractivity contribution in [3.63, 3.8) is 0 Å². The van der Waals surface area contributed by atoms with Gasteiger partial charge in [0.25, 0.3) is 5.91 Å². The lowest BCUT2D eigenvalue weighted by Crippen LogP contribution is -2.66. The van der Waals surface area contributed by atoms with E-state index in [0.717, 1.165) is 16.9 Å². The van der Waals surface area contributed by atoms with Crippen LogP contribution in [-0.2, 0) is 25.5 Å². The highest BCUT2D eigenvalue weighted by Crippen LogP contribution is 2.51. The van der Waals surface area contributed by atoms with Crippen LogP contribution in [0.5, 0.6) is 0 Å². The highest BCUT2D eigenvalue weighted by Gasteiger charge is 2.71. The number of nitrogens with zero attached hydrogens (tertiary/aromatic N) is 1. The lowest BCUT2D eigenvalue weighted by atomic mass is 9.72. The maximum atomic E-state index is 14.7. The van der Waals surface area contributed by atoms with Crippen LogP contribution in [0.2, 0.25) is 0 Å². The quantitative estimate of drug-likeness (QED) is 0.677. The molecular formula is C25H29F3N2O4. The number of benzene rings is 1. The van der Waals surface area contributed by atoms with Gasteiger partial charge in [-0.3, -0.25) is 14.4 Å². The van der Waals surface area contributed by atoms with Crippen molar-refractivity contribution in [2.75, 3.05) is 13.2 Å². The van der Waals surface area contributed by atoms with E-state index in [0.29, 0.717) is 13.0 Å². The summed E-state index contributed by atoms with van der Waals surface area (Å²) in [5, 5.41) is 1.99. The Morgan fingerprint density at radius 3 is 2.50 bits per heavy atom. The molecule has 3 aliphatic rings. The molecule has 184 valence electrons. The van der Waals surface area contributed by atoms with Gasteiger partial charge in [0.05, 0.1) is 18.2 Å². The number of rotatable bonds is 6. The molecule has 2 atom stereocenters. The van der Waals surface area contributed by atoms with Gasteiger partial charge >= 0.3 is 6.18 Å². The van der Waals surface area contributed by atoms with E-state index in [1.165, 1.54) is 0 Å². The third kappa shape index (κ3) is 4.37. The van der Waals surface area contributed by atoms with Crippen molar-refractivity contribution in [3.05, 3.63) is 47.2 Å². The Bertz CT molecular complexity index is 1010. The standard InChI is InChI=1S/C25H29F3N2O4/c1-23(2)13-18-21(19(31)14-23)24(25(26,27)28,22(33)30(18)15-17-9-6-12-34-17)29-20(32)11-10-16-7-4-3-5-8-16/h3-5,7-8,17H,6,9-15H2,1-2H3,(H,29,32)/t17-,24+/m1/s1. The van der Waals surface area contributed by atoms with Crippen molar-refractivity contribution in [1.29, 1.82) is 0 Å². The van der Waals surface area contributed by atoms with E-state index >= 15 is 0 Å². The summed E-state index contributed by atoms with van der Waals surface area (Å²) in [5.41, 5.74) is -3.77. The monoisotopic (exact) mass is 478 g/mol. The summed E-state index contributed by atoms with van der Waals surface area (Å²) >= 11 is 0. The third-order valence-corrected chi connectivity index (χ3v) is 6.77. The van der Waals surface area contributed by atoms with Crippen molar-refractivity contribution in [2.24, 2.45) is 5.41 Å². The molecule has 2 heterocycles. The van der Waals surface area contributed by atoms with Crippen LogP contribution in [0.4, 0.5) is 13.2 Å². The average Bonchev–Trinajstić information content (AvgIpc) is 3.33. The first kappa shape index (κ1) is 24.4. The highest BCUT2D eigenvalue weighted by molar-refractivity contribution is 6.13. The zero-order chi connectivity index (χ0) is 24.7. The zero-order valence-electron chi connectivity index (χ0n) is 19.3. The number of carbonyl (C=O) groups excluding carboxylic acids is 3. The van der Waals surface area contributed by atoms with Gasteiger partial charge < -0.3 is 15.0 Å². The van der Waals surface area contributed by atoms with Crippen LogP contribution in [0.3, 0.4) is 0 Å². The highest BCUT2D eigenvalue weighted by atomic mass is 19.4. The Balaban J connectivity index is 1.70. The predicted octanol–water partition coefficient (Wildman–Crippen LogP) is 3.70. The lowest BCUT2D eigenvalue weighted by molar-refractivity contribution is -0.195. The van der Waals surface area contributed by atoms with E-state index in [4.69, 9.17) is 4.74 Å². The molecule has 6 nitrogen and oxygen atoms in total. The van der Waals surface area contributed by atoms with E-state index in [2.05, 4.69) is 0 Å². The fourth-order valence-corrected chi connectivity index (χ4v) is 5.19. The number of allylic oxidation sites excluding steroid dienone is 1. The van der Waals surface area contributed by atoms with E-state index in [-0.39, 0.29) is 37.9 Å². The molecule has 0 unspecified atom stereocenters. The molecule has 1 aliphatic carbocycles. The Morgan fingerprint density at radius 2 is 1.88 bits per heavy atom. The molecular weight excluding hydrogens is 449 g/mol. The number of Topliss-reactive ketones (excluding diaryl/α,β-unsaturated/α-hetero) is 1. The zero-order valence-corrected chi connectivity index (χ0v) is 19.3. The number of carbonyl (C=O) groups is 3. The van der Waals surface area contributed by atoms with Gasteiger partial charge in [0.2, 0.25) is 11.4 Å². The number of nitrogens with one attached hydrogen (secondary N) is 1. The normalized spacial score (nSPS) is 26.7. The Hall–Kier alpha value is -2.68. The summed E-state index contributed by atoms with van der Waals surface area (Å²) in [6.07, 6.45) is -4.26. The summed E-state index contributed by atoms with van der Waals surface area (Å²) in [5.74, 6) is -3.01. The van der Waals surface area contributed by atoms with Gasteiger partial charge in [-0.05, 0) is 36.7 Å². The van der Waals surface area contributed by atoms with Crippen molar-refractivity contribution in [3.8, 4) is 0 Å². The van der Waals surface area contributed by atoms with Crippen LogP contribution < -0.4 is 5.32 Å². The second kappa shape index (κ2) is 8.83. The van der Waals surface area contributed by atoms with Gasteiger partial charge in [-0.2, -0.15) is 13.2 Å². The number of alkyl halides is 3. The van der Waals surface area contributed by atoms with Crippen LogP contribution in [0.15, 0.2) is 41.6 Å². The molecule has 1 N–H and O–H groups in total. The van der Waals surface area contributed by atoms with Crippen molar-refractivity contribution in [2.45, 2.75) is 70.2 Å². The molecule has 0 spiro atoms. The molecule has 1 aromatic carbocycles. The average molecular weight is 479 g/mol. The molecule has 4 rings (SSSR count). The minimum absolute atomic E-state index is 0.0578. The van der Waals surface area contributed by atoms with Crippen molar-refractivity contribution < 1.29 is 32.3 Å². The molecule has 9 heteroatoms. The van der Waals surface area contributed by atoms with Crippen LogP contribution in [0.25, 0.3) is 0 Å². The largest absolute Gasteiger partial charge is 0.425 e. The first-order valence-corrected chi connectivity index (χ1v) is 11.6. The number of aryl methyl sites for hydroxylation is 1. The molecule has 0 saturated carbocycles. The first-order valence-electron chi connectivity index (χ1n) is 11.6. The van der Waals surface area contributed by atoms with Gasteiger partial charge in [-0.1, -0.05) is 44.2 Å². The lowest BCUT2D eigenvalue weighted by Gasteiger charge is -2.35. The fraction of sp³-hybridized carbons (Fsp3) is 0.560. The number of halogens is 3. The maximum absolute atomic E-state index is 14.7. The summed E-state index contributed by atoms with van der Waals surface area (Å²) in [6.45, 7) is 3.98. The second-order valence-electron chi connectivity index (χ2n) is 10.1. The number of ether oxygens (including phenoxy) is 1. The van der Waals surface area contributed by atoms with E-state index in [1.54, 1.807) is 44.2 Å². The topological polar surface area (TPSA) is 75.7 Å². The molecule has 0 radical (unpaired) electrons. The Labute approximate surface area is 196 Å². The summed E-state index contributed by atoms with van der Waals surface area (Å²) in [6, 6.07) is 8.88. The van der Waals surface area contributed by atoms with E-state index in [1.807, 2.05) is 5.32 Å². The minimum Gasteiger partial charge on any atom is -0.376 e. The van der Waals surface area contributed by atoms with E-state index in [9.17, 15) is 27.6 Å². The van der Waals surface area contributed by atoms with Crippen LogP contribution in [0.1, 0.15) is 51.5 Å². The smallest absolute Gasteiger partial charge is 0.376 e. The maximum Gasteiger partial charge on any atom is 0.425 e. The number of hydrogen-bond donors (Lipinski definition) is 1. The molecule has 1 fully saturated rings. The van der Waals surface area contributed by atoms with Crippen LogP contribution in [0, 0.1) is 5.41 Å². The molecule has 0 aromatic heterocycles. The van der Waals surface area contributed by atoms with Crippen molar-refractivity contribution in [1.82, 2.24) is 10.2 Å². The molecule has 1 aromatic rings. The van der Waals surface area contributed by atoms with Gasteiger partial charge in [0.15, 0.2) is 5.78 Å². The van der Waals surface area contributed by atoms with Crippen LogP contribution in [-0.4, -0.2) is 53.5 Å². The predicted molar refractivity (Wildman–Crippen MR) is 117 cm³/mol. The van der Waals surface area contributed by atoms with Gasteiger partial charge in [-0.25, -0.2) is 0 Å². The summed E-state index contributed by atoms with van der Waals surface area (Å²) in [4.78, 5) is 40.5. The van der Waals surface area contributed by atoms with Gasteiger partial charge in [0.1, 0.15) is 0 Å². The molecule has 34 heavy (non-hydrogen) atoms. The number of amides is 2. The summed E-state index contributed by atoms with van der Waals surface area (Å²) in [7, 11) is 0. The Morgan fingerprint density at radius 1 is 1.18 bits per heavy atom. The third-order valence-electron chi connectivity index (χ3n) is 6.77. The number of hydrogen-bond acceptors (Lipinski definition) is 4. The Kier molecular flexibility index (Phi) is 6.35. The van der Waals surface area contributed by atoms with Gasteiger partial charge in [-0.15, -0.1) is 0 Å². The second-order valence-corrected chi connectivity index (χ2v) is 10.1. The minimum atomic E-state index is -5.19. The first-order chi connectivity index (χ1) is 15.9. The van der Waals surface area contributed by atoms with Crippen molar-refractivity contribution >= 4 is 17.6 Å². The SMILES string of the molecule is CC1(C)CC(=O)C2=C(C1)N(C[C@H]1CCCO1)C(=O)[C@]2(NC(=O)CCc1ccccc1)C(F)(F)F. The fourth-order valence-electron chi connectivity index (χ4n) is 5.19. The molecule has 0 bridgehead atoms. The number of ketones is 1. The van der Waals surface area contributed by atoms with E-state index < -0.39 is 46.4 Å². The summed E-state index contributed by atoms with van der Waals surface area (Å²) < 4.78 is 49.8. The molecule has 2 aliphatic heterocycles. The van der Waals surface area contributed by atoms with Crippen LogP contribution >= 0.6 is 0 Å². The van der Waals surface area contributed by atoms with Gasteiger partial charge in [0, 0.05) is 25.1 Å². The molecule has 1 saturated heterocycles. The molecule has 2 amide bonds.